The van der Waals surface area contributed by atoms with Crippen molar-refractivity contribution >= 4 is 46.8 Å². The Labute approximate surface area is 216 Å². The monoisotopic (exact) mass is 505 g/mol. The van der Waals surface area contributed by atoms with Crippen molar-refractivity contribution in [2.75, 3.05) is 19.0 Å². The van der Waals surface area contributed by atoms with E-state index in [1.807, 2.05) is 74.5 Å². The number of anilines is 2. The number of hydrogen-bond donors (Lipinski definition) is 1. The van der Waals surface area contributed by atoms with E-state index in [1.165, 1.54) is 25.4 Å². The average molecular weight is 506 g/mol. The zero-order valence-corrected chi connectivity index (χ0v) is 21.4. The number of pyridine rings is 1. The Bertz CT molecular complexity index is 1380. The van der Waals surface area contributed by atoms with Crippen LogP contribution in [0.3, 0.4) is 0 Å². The summed E-state index contributed by atoms with van der Waals surface area (Å²) in [5.74, 6) is 2.00. The second kappa shape index (κ2) is 12.1. The van der Waals surface area contributed by atoms with Crippen LogP contribution in [0.4, 0.5) is 11.5 Å². The van der Waals surface area contributed by atoms with Gasteiger partial charge in [-0.2, -0.15) is 0 Å². The van der Waals surface area contributed by atoms with E-state index in [4.69, 9.17) is 9.57 Å². The Morgan fingerprint density at radius 2 is 1.89 bits per heavy atom. The van der Waals surface area contributed by atoms with Gasteiger partial charge in [-0.3, -0.25) is 14.6 Å². The highest BCUT2D eigenvalue weighted by Crippen LogP contribution is 2.30. The molecule has 8 nitrogen and oxygen atoms in total. The van der Waals surface area contributed by atoms with E-state index in [0.29, 0.717) is 18.1 Å². The van der Waals surface area contributed by atoms with Crippen molar-refractivity contribution in [3.63, 3.8) is 0 Å². The van der Waals surface area contributed by atoms with Gasteiger partial charge in [0.25, 0.3) is 0 Å². The van der Waals surface area contributed by atoms with Crippen LogP contribution in [-0.2, 0) is 9.63 Å². The lowest BCUT2D eigenvalue weighted by Crippen LogP contribution is -2.27. The highest BCUT2D eigenvalue weighted by atomic mass is 35.5. The summed E-state index contributed by atoms with van der Waals surface area (Å²) in [5, 5.41) is 5.56. The van der Waals surface area contributed by atoms with Gasteiger partial charge in [0.1, 0.15) is 23.6 Å². The molecule has 0 atom stereocenters. The maximum atomic E-state index is 11.5. The third kappa shape index (κ3) is 6.56. The summed E-state index contributed by atoms with van der Waals surface area (Å²) < 4.78 is 5.98. The van der Waals surface area contributed by atoms with Crippen LogP contribution in [0.5, 0.6) is 11.5 Å². The first-order valence-electron chi connectivity index (χ1n) is 11.1. The molecule has 4 aromatic rings. The first-order valence-corrected chi connectivity index (χ1v) is 11.1. The number of amides is 1. The van der Waals surface area contributed by atoms with E-state index < -0.39 is 0 Å². The number of aromatic nitrogens is 3. The fourth-order valence-corrected chi connectivity index (χ4v) is 3.51. The number of benzene rings is 2. The summed E-state index contributed by atoms with van der Waals surface area (Å²) in [6, 6.07) is 15.6. The molecule has 0 aliphatic rings. The summed E-state index contributed by atoms with van der Waals surface area (Å²) in [5.41, 5.74) is 4.59. The first-order chi connectivity index (χ1) is 16.9. The lowest BCUT2D eigenvalue weighted by atomic mass is 10.1. The molecule has 0 aliphatic carbocycles. The summed E-state index contributed by atoms with van der Waals surface area (Å²) in [4.78, 5) is 29.7. The van der Waals surface area contributed by atoms with Gasteiger partial charge in [0, 0.05) is 23.7 Å². The average Bonchev–Trinajstić information content (AvgIpc) is 2.85. The van der Waals surface area contributed by atoms with Crippen molar-refractivity contribution in [1.29, 1.82) is 0 Å². The molecule has 1 N–H and O–H groups in total. The number of nitrogens with zero attached hydrogens (tertiary/aromatic N) is 4. The normalized spacial score (nSPS) is 10.8. The molecular weight excluding hydrogens is 478 g/mol. The highest BCUT2D eigenvalue weighted by molar-refractivity contribution is 5.92. The van der Waals surface area contributed by atoms with E-state index in [-0.39, 0.29) is 18.3 Å². The van der Waals surface area contributed by atoms with E-state index in [1.54, 1.807) is 6.20 Å². The number of carbonyl (C=O) groups is 1. The van der Waals surface area contributed by atoms with Crippen LogP contribution < -0.4 is 10.1 Å². The molecule has 0 aliphatic heterocycles. The third-order valence-electron chi connectivity index (χ3n) is 5.36. The summed E-state index contributed by atoms with van der Waals surface area (Å²) >= 11 is 0. The molecule has 9 heteroatoms. The molecule has 2 heterocycles. The number of hydrogen-bond acceptors (Lipinski definition) is 7. The highest BCUT2D eigenvalue weighted by Gasteiger charge is 2.08. The number of carbonyl (C=O) groups excluding carboxylic acids is 1. The number of rotatable bonds is 8. The molecule has 0 spiro atoms. The molecule has 0 radical (unpaired) electrons. The van der Waals surface area contributed by atoms with Crippen LogP contribution >= 0.6 is 12.4 Å². The number of hydroxylamine groups is 2. The second-order valence-electron chi connectivity index (χ2n) is 8.01. The molecule has 0 saturated heterocycles. The van der Waals surface area contributed by atoms with Crippen LogP contribution in [0.1, 0.15) is 23.7 Å². The minimum absolute atomic E-state index is 0. The molecule has 1 amide bonds. The van der Waals surface area contributed by atoms with Gasteiger partial charge in [0.05, 0.1) is 25.4 Å². The van der Waals surface area contributed by atoms with Gasteiger partial charge in [-0.15, -0.1) is 12.4 Å². The summed E-state index contributed by atoms with van der Waals surface area (Å²) in [6.45, 7) is 5.75. The van der Waals surface area contributed by atoms with Gasteiger partial charge >= 0.3 is 0 Å². The number of halogens is 1. The molecule has 0 fully saturated rings. The maximum Gasteiger partial charge on any atom is 0.243 e. The molecule has 0 unspecified atom stereocenters. The SMILES string of the molecule is CON(CC=Cc1ccc2ncnc(Nc3ccc(Oc4ccc(C)nc4)c(C)c3)c2c1)C(C)=O.Cl. The summed E-state index contributed by atoms with van der Waals surface area (Å²) in [7, 11) is 1.47. The van der Waals surface area contributed by atoms with Crippen molar-refractivity contribution < 1.29 is 14.4 Å². The Hall–Kier alpha value is -4.01. The lowest BCUT2D eigenvalue weighted by Gasteiger charge is -2.15. The van der Waals surface area contributed by atoms with Crippen molar-refractivity contribution in [1.82, 2.24) is 20.0 Å². The lowest BCUT2D eigenvalue weighted by molar-refractivity contribution is -0.170. The van der Waals surface area contributed by atoms with Crippen LogP contribution in [0.25, 0.3) is 17.0 Å². The fourth-order valence-electron chi connectivity index (χ4n) is 3.51. The second-order valence-corrected chi connectivity index (χ2v) is 8.01. The third-order valence-corrected chi connectivity index (χ3v) is 5.36. The van der Waals surface area contributed by atoms with Crippen LogP contribution in [0.2, 0.25) is 0 Å². The van der Waals surface area contributed by atoms with Gasteiger partial charge in [0.2, 0.25) is 5.91 Å². The maximum absolute atomic E-state index is 11.5. The van der Waals surface area contributed by atoms with E-state index >= 15 is 0 Å². The molecule has 0 saturated carbocycles. The Balaban J connectivity index is 0.00000361. The summed E-state index contributed by atoms with van der Waals surface area (Å²) in [6.07, 6.45) is 7.06. The molecule has 2 aromatic carbocycles. The zero-order valence-electron chi connectivity index (χ0n) is 20.6. The molecule has 4 rings (SSSR count). The first kappa shape index (κ1) is 26.6. The minimum atomic E-state index is -0.155. The quantitative estimate of drug-likeness (QED) is 0.293. The predicted molar refractivity (Wildman–Crippen MR) is 144 cm³/mol. The van der Waals surface area contributed by atoms with Gasteiger partial charge in [-0.25, -0.2) is 15.0 Å². The molecule has 2 aromatic heterocycles. The topological polar surface area (TPSA) is 89.5 Å². The molecule has 0 bridgehead atoms. The Kier molecular flexibility index (Phi) is 8.94. The Morgan fingerprint density at radius 1 is 1.06 bits per heavy atom. The van der Waals surface area contributed by atoms with E-state index in [2.05, 4.69) is 20.3 Å². The molecule has 186 valence electrons. The van der Waals surface area contributed by atoms with Crippen LogP contribution in [0.15, 0.2) is 67.1 Å². The van der Waals surface area contributed by atoms with Crippen molar-refractivity contribution in [2.45, 2.75) is 20.8 Å². The number of aryl methyl sites for hydroxylation is 2. The standard InChI is InChI=1S/C27H27N5O3.ClH/c1-18-14-22(9-12-26(18)35-23-10-7-19(2)28-16-23)31-27-24-15-21(8-11-25(24)29-17-30-27)6-5-13-32(34-4)20(3)33;/h5-12,14-17H,13H2,1-4H3,(H,29,30,31);1H. The van der Waals surface area contributed by atoms with Gasteiger partial charge in [0.15, 0.2) is 0 Å². The number of nitrogens with one attached hydrogen (secondary N) is 1. The number of ether oxygens (including phenoxy) is 1. The largest absolute Gasteiger partial charge is 0.455 e. The molecular formula is C27H28ClN5O3. The Morgan fingerprint density at radius 3 is 2.58 bits per heavy atom. The zero-order chi connectivity index (χ0) is 24.8. The van der Waals surface area contributed by atoms with Crippen molar-refractivity contribution in [3.05, 3.63) is 84.0 Å². The smallest absolute Gasteiger partial charge is 0.243 e. The van der Waals surface area contributed by atoms with Gasteiger partial charge in [-0.1, -0.05) is 18.2 Å². The molecule has 36 heavy (non-hydrogen) atoms. The fraction of sp³-hybridized carbons (Fsp3) is 0.185. The van der Waals surface area contributed by atoms with Crippen molar-refractivity contribution in [2.24, 2.45) is 0 Å². The van der Waals surface area contributed by atoms with Gasteiger partial charge < -0.3 is 10.1 Å². The van der Waals surface area contributed by atoms with E-state index in [0.717, 1.165) is 39.2 Å². The van der Waals surface area contributed by atoms with Gasteiger partial charge in [-0.05, 0) is 67.4 Å². The van der Waals surface area contributed by atoms with E-state index in [9.17, 15) is 4.79 Å². The van der Waals surface area contributed by atoms with Crippen LogP contribution in [-0.4, -0.2) is 39.6 Å². The predicted octanol–water partition coefficient (Wildman–Crippen LogP) is 6.02. The number of fused-ring (bicyclic) bond motifs is 1. The van der Waals surface area contributed by atoms with Crippen LogP contribution in [0, 0.1) is 13.8 Å². The minimum Gasteiger partial charge on any atom is -0.455 e. The van der Waals surface area contributed by atoms with Crippen molar-refractivity contribution in [3.8, 4) is 11.5 Å².